The number of likely N-dealkylation sites (tertiary alicyclic amines) is 1. The Labute approximate surface area is 180 Å². The predicted molar refractivity (Wildman–Crippen MR) is 113 cm³/mol. The van der Waals surface area contributed by atoms with E-state index in [0.29, 0.717) is 24.8 Å². The summed E-state index contributed by atoms with van der Waals surface area (Å²) in [6, 6.07) is 6.20. The van der Waals surface area contributed by atoms with Crippen molar-refractivity contribution in [1.29, 1.82) is 0 Å². The molecule has 1 amide bonds. The number of aromatic nitrogens is 4. The molecule has 1 aliphatic heterocycles. The molecular weight excluding hydrogens is 394 g/mol. The number of benzene rings is 1. The molecule has 3 fully saturated rings. The molecule has 3 aromatic rings. The van der Waals surface area contributed by atoms with Gasteiger partial charge in [-0.15, -0.1) is 0 Å². The fraction of sp³-hybridized carbons (Fsp3) is 0.565. The third kappa shape index (κ3) is 3.79. The van der Waals surface area contributed by atoms with Crippen LogP contribution in [0.4, 0.5) is 4.79 Å². The quantitative estimate of drug-likeness (QED) is 0.608. The number of hydrogen-bond donors (Lipinski definition) is 0. The number of amides is 1. The zero-order chi connectivity index (χ0) is 21.0. The van der Waals surface area contributed by atoms with Crippen molar-refractivity contribution in [3.63, 3.8) is 0 Å². The zero-order valence-corrected chi connectivity index (χ0v) is 17.8. The first-order valence-electron chi connectivity index (χ1n) is 11.3. The second-order valence-electron chi connectivity index (χ2n) is 9.58. The lowest BCUT2D eigenvalue weighted by Crippen LogP contribution is -2.39. The number of carbonyl (C=O) groups excluding carboxylic acids is 1. The average molecular weight is 422 g/mol. The van der Waals surface area contributed by atoms with Crippen LogP contribution < -0.4 is 0 Å². The number of carbonyl (C=O) groups is 1. The van der Waals surface area contributed by atoms with Crippen molar-refractivity contribution in [2.75, 3.05) is 13.1 Å². The summed E-state index contributed by atoms with van der Waals surface area (Å²) in [5.74, 6) is 2.20. The van der Waals surface area contributed by atoms with Gasteiger partial charge in [-0.3, -0.25) is 4.68 Å². The Hall–Kier alpha value is -2.90. The van der Waals surface area contributed by atoms with E-state index in [1.807, 2.05) is 19.2 Å². The molecule has 6 rings (SSSR count). The summed E-state index contributed by atoms with van der Waals surface area (Å²) >= 11 is 0. The molecule has 0 N–H and O–H groups in total. The molecule has 3 heterocycles. The van der Waals surface area contributed by atoms with Crippen LogP contribution >= 0.6 is 0 Å². The monoisotopic (exact) mass is 421 g/mol. The first-order valence-corrected chi connectivity index (χ1v) is 11.3. The van der Waals surface area contributed by atoms with Crippen molar-refractivity contribution in [3.8, 4) is 11.4 Å². The van der Waals surface area contributed by atoms with Crippen LogP contribution in [0.1, 0.15) is 57.3 Å². The molecule has 0 atom stereocenters. The maximum absolute atomic E-state index is 12.3. The Morgan fingerprint density at radius 2 is 2.03 bits per heavy atom. The lowest BCUT2D eigenvalue weighted by molar-refractivity contribution is 0.0510. The van der Waals surface area contributed by atoms with Crippen LogP contribution in [0.15, 0.2) is 28.9 Å². The minimum absolute atomic E-state index is 0.172. The Bertz CT molecular complexity index is 1120. The highest BCUT2D eigenvalue weighted by molar-refractivity contribution is 5.83. The normalized spacial score (nSPS) is 20.9. The second kappa shape index (κ2) is 7.07. The topological polar surface area (TPSA) is 86.3 Å². The zero-order valence-electron chi connectivity index (χ0n) is 17.8. The molecule has 0 radical (unpaired) electrons. The molecule has 2 aliphatic carbocycles. The fourth-order valence-electron chi connectivity index (χ4n) is 4.28. The van der Waals surface area contributed by atoms with Gasteiger partial charge in [0, 0.05) is 36.5 Å². The van der Waals surface area contributed by atoms with Crippen LogP contribution in [0.3, 0.4) is 0 Å². The van der Waals surface area contributed by atoms with E-state index in [-0.39, 0.29) is 17.6 Å². The third-order valence-electron chi connectivity index (χ3n) is 6.86. The minimum atomic E-state index is -0.232. The average Bonchev–Trinajstić information content (AvgIpc) is 3.64. The molecule has 1 aromatic carbocycles. The van der Waals surface area contributed by atoms with E-state index in [1.165, 1.54) is 12.8 Å². The molecule has 162 valence electrons. The van der Waals surface area contributed by atoms with Crippen molar-refractivity contribution in [2.24, 2.45) is 5.92 Å². The smallest absolute Gasteiger partial charge is 0.410 e. The first-order chi connectivity index (χ1) is 15.1. The van der Waals surface area contributed by atoms with Gasteiger partial charge in [-0.05, 0) is 57.4 Å². The van der Waals surface area contributed by atoms with E-state index < -0.39 is 0 Å². The third-order valence-corrected chi connectivity index (χ3v) is 6.86. The Balaban J connectivity index is 1.14. The van der Waals surface area contributed by atoms with Gasteiger partial charge in [0.2, 0.25) is 11.7 Å². The van der Waals surface area contributed by atoms with Gasteiger partial charge in [0.15, 0.2) is 0 Å². The van der Waals surface area contributed by atoms with Crippen molar-refractivity contribution in [3.05, 3.63) is 30.3 Å². The molecule has 31 heavy (non-hydrogen) atoms. The molecule has 0 bridgehead atoms. The summed E-state index contributed by atoms with van der Waals surface area (Å²) in [5, 5.41) is 9.92. The molecule has 8 heteroatoms. The van der Waals surface area contributed by atoms with Crippen LogP contribution in [0, 0.1) is 5.92 Å². The molecule has 3 aliphatic rings. The van der Waals surface area contributed by atoms with Gasteiger partial charge >= 0.3 is 6.09 Å². The lowest BCUT2D eigenvalue weighted by Gasteiger charge is -2.30. The van der Waals surface area contributed by atoms with Gasteiger partial charge in [0.25, 0.3) is 0 Å². The molecule has 8 nitrogen and oxygen atoms in total. The summed E-state index contributed by atoms with van der Waals surface area (Å²) in [6.07, 6.45) is 7.87. The van der Waals surface area contributed by atoms with E-state index in [2.05, 4.69) is 27.1 Å². The first kappa shape index (κ1) is 18.8. The van der Waals surface area contributed by atoms with Crippen LogP contribution in [0.25, 0.3) is 22.3 Å². The number of piperidine rings is 1. The Morgan fingerprint density at radius 3 is 2.77 bits per heavy atom. The number of hydrogen-bond acceptors (Lipinski definition) is 6. The highest BCUT2D eigenvalue weighted by Gasteiger charge is 2.43. The number of nitrogens with zero attached hydrogens (tertiary/aromatic N) is 5. The fourth-order valence-corrected chi connectivity index (χ4v) is 4.28. The molecule has 0 unspecified atom stereocenters. The van der Waals surface area contributed by atoms with Crippen molar-refractivity contribution in [1.82, 2.24) is 24.8 Å². The maximum Gasteiger partial charge on any atom is 0.410 e. The van der Waals surface area contributed by atoms with Crippen LogP contribution in [0.2, 0.25) is 0 Å². The highest BCUT2D eigenvalue weighted by Crippen LogP contribution is 2.39. The van der Waals surface area contributed by atoms with E-state index in [0.717, 1.165) is 54.6 Å². The van der Waals surface area contributed by atoms with E-state index in [4.69, 9.17) is 14.2 Å². The molecular formula is C23H27N5O3. The number of fused-ring (bicyclic) bond motifs is 1. The Kier molecular flexibility index (Phi) is 4.30. The van der Waals surface area contributed by atoms with Gasteiger partial charge in [0.05, 0.1) is 11.7 Å². The predicted octanol–water partition coefficient (Wildman–Crippen LogP) is 4.36. The molecule has 1 saturated heterocycles. The van der Waals surface area contributed by atoms with Gasteiger partial charge in [-0.1, -0.05) is 17.3 Å². The molecule has 2 saturated carbocycles. The van der Waals surface area contributed by atoms with E-state index in [1.54, 1.807) is 4.90 Å². The van der Waals surface area contributed by atoms with Crippen LogP contribution in [0.5, 0.6) is 0 Å². The lowest BCUT2D eigenvalue weighted by atomic mass is 9.97. The summed E-state index contributed by atoms with van der Waals surface area (Å²) < 4.78 is 13.3. The maximum atomic E-state index is 12.3. The van der Waals surface area contributed by atoms with Crippen molar-refractivity contribution < 1.29 is 14.1 Å². The van der Waals surface area contributed by atoms with Crippen molar-refractivity contribution in [2.45, 2.75) is 63.5 Å². The summed E-state index contributed by atoms with van der Waals surface area (Å²) in [4.78, 5) is 18.8. The van der Waals surface area contributed by atoms with Gasteiger partial charge in [-0.25, -0.2) is 4.79 Å². The summed E-state index contributed by atoms with van der Waals surface area (Å²) in [5.41, 5.74) is 1.83. The molecule has 0 spiro atoms. The van der Waals surface area contributed by atoms with Gasteiger partial charge in [0.1, 0.15) is 5.60 Å². The Morgan fingerprint density at radius 1 is 1.23 bits per heavy atom. The number of rotatable bonds is 5. The SMILES string of the molecule is CC1(OC(=O)N2CCC(c3nc(-c4ccc5cnn(CC6CC6)c5c4)no3)CC2)CC1. The summed E-state index contributed by atoms with van der Waals surface area (Å²) in [7, 11) is 0. The van der Waals surface area contributed by atoms with Crippen LogP contribution in [-0.2, 0) is 11.3 Å². The minimum Gasteiger partial charge on any atom is -0.443 e. The van der Waals surface area contributed by atoms with E-state index >= 15 is 0 Å². The standard InChI is InChI=1S/C23H27N5O3/c1-23(8-9-23)30-22(29)27-10-6-16(7-11-27)21-25-20(26-31-21)17-4-5-18-13-24-28(19(18)12-17)14-15-2-3-15/h4-5,12-13,15-16H,2-3,6-11,14H2,1H3. The number of ether oxygens (including phenoxy) is 1. The van der Waals surface area contributed by atoms with E-state index in [9.17, 15) is 4.79 Å². The molecule has 2 aromatic heterocycles. The second-order valence-corrected chi connectivity index (χ2v) is 9.58. The van der Waals surface area contributed by atoms with Crippen LogP contribution in [-0.4, -0.2) is 49.6 Å². The highest BCUT2D eigenvalue weighted by atomic mass is 16.6. The van der Waals surface area contributed by atoms with Gasteiger partial charge in [-0.2, -0.15) is 10.1 Å². The van der Waals surface area contributed by atoms with Gasteiger partial charge < -0.3 is 14.2 Å². The van der Waals surface area contributed by atoms with Crippen molar-refractivity contribution >= 4 is 17.0 Å². The largest absolute Gasteiger partial charge is 0.443 e. The summed E-state index contributed by atoms with van der Waals surface area (Å²) in [6.45, 7) is 4.28.